The Morgan fingerprint density at radius 2 is 2.00 bits per heavy atom. The van der Waals surface area contributed by atoms with E-state index in [0.717, 1.165) is 5.56 Å². The van der Waals surface area contributed by atoms with Gasteiger partial charge < -0.3 is 4.74 Å². The highest BCUT2D eigenvalue weighted by Gasteiger charge is 2.17. The Morgan fingerprint density at radius 3 is 2.61 bits per heavy atom. The Hall–Kier alpha value is -2.66. The van der Waals surface area contributed by atoms with Crippen molar-refractivity contribution in [2.75, 3.05) is 6.61 Å². The highest BCUT2D eigenvalue weighted by Crippen LogP contribution is 2.22. The molecule has 0 fully saturated rings. The Labute approximate surface area is 134 Å². The summed E-state index contributed by atoms with van der Waals surface area (Å²) in [6.45, 7) is 9.87. The standard InChI is InChI=1S/C18H20N2O3/c1-4-11-23-12-20-16(13(3)14-9-7-6-8-10-14)15(5-2)17(21)19-18(20)22/h4,6-10H,1,3,5,11-12H2,2H3,(H,19,21,22). The molecular formula is C18H20N2O3. The van der Waals surface area contributed by atoms with Gasteiger partial charge >= 0.3 is 5.69 Å². The largest absolute Gasteiger partial charge is 0.357 e. The van der Waals surface area contributed by atoms with E-state index in [-0.39, 0.29) is 12.3 Å². The number of rotatable bonds is 7. The number of aromatic nitrogens is 2. The number of H-pyrrole nitrogens is 1. The summed E-state index contributed by atoms with van der Waals surface area (Å²) in [7, 11) is 0. The number of aromatic amines is 1. The van der Waals surface area contributed by atoms with Crippen molar-refractivity contribution in [2.24, 2.45) is 0 Å². The van der Waals surface area contributed by atoms with Crippen LogP contribution in [0.4, 0.5) is 0 Å². The predicted octanol–water partition coefficient (Wildman–Crippen LogP) is 2.32. The maximum atomic E-state index is 12.2. The molecular weight excluding hydrogens is 292 g/mol. The van der Waals surface area contributed by atoms with Crippen LogP contribution in [0.15, 0.2) is 59.2 Å². The molecule has 1 aromatic carbocycles. The Bertz CT molecular complexity index is 816. The summed E-state index contributed by atoms with van der Waals surface area (Å²) in [6, 6.07) is 9.45. The van der Waals surface area contributed by atoms with Gasteiger partial charge in [0.2, 0.25) is 0 Å². The maximum absolute atomic E-state index is 12.2. The molecule has 2 rings (SSSR count). The fraction of sp³-hybridized carbons (Fsp3) is 0.222. The Balaban J connectivity index is 2.62. The van der Waals surface area contributed by atoms with Crippen molar-refractivity contribution in [3.8, 4) is 0 Å². The van der Waals surface area contributed by atoms with Gasteiger partial charge in [0.1, 0.15) is 6.73 Å². The second-order valence-corrected chi connectivity index (χ2v) is 5.00. The van der Waals surface area contributed by atoms with Gasteiger partial charge in [0.15, 0.2) is 0 Å². The van der Waals surface area contributed by atoms with E-state index in [2.05, 4.69) is 18.1 Å². The fourth-order valence-electron chi connectivity index (χ4n) is 2.41. The van der Waals surface area contributed by atoms with Crippen molar-refractivity contribution in [3.05, 3.63) is 87.2 Å². The van der Waals surface area contributed by atoms with Crippen molar-refractivity contribution in [3.63, 3.8) is 0 Å². The second-order valence-electron chi connectivity index (χ2n) is 5.00. The first kappa shape index (κ1) is 16.7. The lowest BCUT2D eigenvalue weighted by atomic mass is 9.99. The minimum absolute atomic E-state index is 0.0236. The minimum atomic E-state index is -0.511. The summed E-state index contributed by atoms with van der Waals surface area (Å²) >= 11 is 0. The molecule has 0 saturated heterocycles. The molecule has 2 aromatic rings. The van der Waals surface area contributed by atoms with Gasteiger partial charge in [0.25, 0.3) is 5.56 Å². The third-order valence-corrected chi connectivity index (χ3v) is 3.51. The van der Waals surface area contributed by atoms with Crippen LogP contribution in [-0.4, -0.2) is 16.2 Å². The molecule has 0 amide bonds. The molecule has 0 bridgehead atoms. The summed E-state index contributed by atoms with van der Waals surface area (Å²) < 4.78 is 6.80. The van der Waals surface area contributed by atoms with E-state index in [9.17, 15) is 9.59 Å². The average Bonchev–Trinajstić information content (AvgIpc) is 2.56. The van der Waals surface area contributed by atoms with Crippen LogP contribution in [0.1, 0.15) is 23.7 Å². The van der Waals surface area contributed by atoms with E-state index in [4.69, 9.17) is 4.74 Å². The van der Waals surface area contributed by atoms with Crippen molar-refractivity contribution in [1.29, 1.82) is 0 Å². The number of ether oxygens (including phenoxy) is 1. The molecule has 0 atom stereocenters. The molecule has 5 nitrogen and oxygen atoms in total. The number of hydrogen-bond donors (Lipinski definition) is 1. The number of nitrogens with one attached hydrogen (secondary N) is 1. The summed E-state index contributed by atoms with van der Waals surface area (Å²) in [5.41, 5.74) is 1.60. The van der Waals surface area contributed by atoms with Gasteiger partial charge in [-0.15, -0.1) is 6.58 Å². The molecule has 23 heavy (non-hydrogen) atoms. The molecule has 120 valence electrons. The number of benzene rings is 1. The van der Waals surface area contributed by atoms with Gasteiger partial charge in [-0.2, -0.15) is 0 Å². The Morgan fingerprint density at radius 1 is 1.30 bits per heavy atom. The molecule has 1 heterocycles. The quantitative estimate of drug-likeness (QED) is 0.630. The smallest absolute Gasteiger partial charge is 0.330 e. The van der Waals surface area contributed by atoms with Gasteiger partial charge in [0, 0.05) is 5.56 Å². The molecule has 0 radical (unpaired) electrons. The van der Waals surface area contributed by atoms with Crippen LogP contribution in [0.3, 0.4) is 0 Å². The lowest BCUT2D eigenvalue weighted by Crippen LogP contribution is -2.35. The van der Waals surface area contributed by atoms with Crippen LogP contribution < -0.4 is 11.2 Å². The van der Waals surface area contributed by atoms with Gasteiger partial charge in [-0.25, -0.2) is 4.79 Å². The van der Waals surface area contributed by atoms with Gasteiger partial charge in [-0.1, -0.05) is 49.9 Å². The zero-order chi connectivity index (χ0) is 16.8. The lowest BCUT2D eigenvalue weighted by Gasteiger charge is -2.17. The van der Waals surface area contributed by atoms with Crippen LogP contribution in [0.25, 0.3) is 5.57 Å². The second kappa shape index (κ2) is 7.56. The van der Waals surface area contributed by atoms with Crippen molar-refractivity contribution < 1.29 is 4.74 Å². The topological polar surface area (TPSA) is 64.1 Å². The lowest BCUT2D eigenvalue weighted by molar-refractivity contribution is 0.0957. The van der Waals surface area contributed by atoms with E-state index in [1.165, 1.54) is 4.57 Å². The zero-order valence-corrected chi connectivity index (χ0v) is 13.2. The summed E-state index contributed by atoms with van der Waals surface area (Å²) in [5, 5.41) is 0. The molecule has 0 aliphatic heterocycles. The molecule has 0 saturated carbocycles. The highest BCUT2D eigenvalue weighted by atomic mass is 16.5. The first-order valence-electron chi connectivity index (χ1n) is 7.39. The molecule has 0 aliphatic carbocycles. The van der Waals surface area contributed by atoms with Crippen LogP contribution in [0.2, 0.25) is 0 Å². The SMILES string of the molecule is C=CCOCn1c(C(=C)c2ccccc2)c(CC)c(=O)[nH]c1=O. The first-order chi connectivity index (χ1) is 11.1. The van der Waals surface area contributed by atoms with E-state index in [1.807, 2.05) is 37.3 Å². The zero-order valence-electron chi connectivity index (χ0n) is 13.2. The molecule has 1 N–H and O–H groups in total. The van der Waals surface area contributed by atoms with Gasteiger partial charge in [0.05, 0.1) is 12.3 Å². The van der Waals surface area contributed by atoms with Crippen LogP contribution in [0, 0.1) is 0 Å². The van der Waals surface area contributed by atoms with Crippen LogP contribution in [-0.2, 0) is 17.9 Å². The van der Waals surface area contributed by atoms with E-state index < -0.39 is 5.69 Å². The third-order valence-electron chi connectivity index (χ3n) is 3.51. The van der Waals surface area contributed by atoms with Gasteiger partial charge in [-0.05, 0) is 17.6 Å². The summed E-state index contributed by atoms with van der Waals surface area (Å²) in [5.74, 6) is 0. The fourth-order valence-corrected chi connectivity index (χ4v) is 2.41. The molecule has 0 spiro atoms. The summed E-state index contributed by atoms with van der Waals surface area (Å²) in [6.07, 6.45) is 2.08. The Kier molecular flexibility index (Phi) is 5.49. The number of hydrogen-bond acceptors (Lipinski definition) is 3. The third kappa shape index (κ3) is 3.57. The average molecular weight is 312 g/mol. The van der Waals surface area contributed by atoms with Gasteiger partial charge in [-0.3, -0.25) is 14.3 Å². The predicted molar refractivity (Wildman–Crippen MR) is 91.4 cm³/mol. The van der Waals surface area contributed by atoms with Crippen molar-refractivity contribution >= 4 is 5.57 Å². The molecule has 0 aliphatic rings. The molecule has 0 unspecified atom stereocenters. The highest BCUT2D eigenvalue weighted by molar-refractivity contribution is 5.77. The monoisotopic (exact) mass is 312 g/mol. The van der Waals surface area contributed by atoms with Crippen LogP contribution in [0.5, 0.6) is 0 Å². The number of nitrogens with zero attached hydrogens (tertiary/aromatic N) is 1. The molecule has 1 aromatic heterocycles. The minimum Gasteiger partial charge on any atom is -0.357 e. The van der Waals surface area contributed by atoms with Crippen molar-refractivity contribution in [1.82, 2.24) is 9.55 Å². The van der Waals surface area contributed by atoms with E-state index in [1.54, 1.807) is 6.08 Å². The normalized spacial score (nSPS) is 10.5. The summed E-state index contributed by atoms with van der Waals surface area (Å²) in [4.78, 5) is 26.7. The molecule has 5 heteroatoms. The van der Waals surface area contributed by atoms with E-state index >= 15 is 0 Å². The van der Waals surface area contributed by atoms with Crippen LogP contribution >= 0.6 is 0 Å². The van der Waals surface area contributed by atoms with E-state index in [0.29, 0.717) is 29.9 Å². The first-order valence-corrected chi connectivity index (χ1v) is 7.39. The maximum Gasteiger partial charge on any atom is 0.330 e. The van der Waals surface area contributed by atoms with Crippen molar-refractivity contribution in [2.45, 2.75) is 20.1 Å².